The number of likely N-dealkylation sites (tertiary alicyclic amines) is 1. The van der Waals surface area contributed by atoms with E-state index in [1.165, 1.54) is 12.1 Å². The van der Waals surface area contributed by atoms with Crippen molar-refractivity contribution in [3.63, 3.8) is 0 Å². The Hall–Kier alpha value is -4.64. The van der Waals surface area contributed by atoms with E-state index in [0.717, 1.165) is 66.8 Å². The van der Waals surface area contributed by atoms with Crippen molar-refractivity contribution in [1.29, 1.82) is 0 Å². The van der Waals surface area contributed by atoms with Crippen molar-refractivity contribution in [3.05, 3.63) is 107 Å². The third-order valence-corrected chi connectivity index (χ3v) is 8.04. The maximum atomic E-state index is 14.0. The zero-order valence-corrected chi connectivity index (χ0v) is 23.8. The number of carboxylic acid groups (broad SMARTS) is 1. The quantitative estimate of drug-likeness (QED) is 0.227. The molecule has 43 heavy (non-hydrogen) atoms. The van der Waals surface area contributed by atoms with Gasteiger partial charge in [0.15, 0.2) is 0 Å². The minimum atomic E-state index is -0.970. The van der Waals surface area contributed by atoms with Crippen LogP contribution in [0.5, 0.6) is 5.88 Å². The molecular weight excluding hydrogens is 554 g/mol. The topological polar surface area (TPSA) is 98.3 Å². The second-order valence-corrected chi connectivity index (χ2v) is 10.8. The Morgan fingerprint density at radius 1 is 1.05 bits per heavy atom. The van der Waals surface area contributed by atoms with Crippen molar-refractivity contribution in [3.8, 4) is 5.88 Å². The second kappa shape index (κ2) is 12.3. The van der Waals surface area contributed by atoms with Crippen molar-refractivity contribution < 1.29 is 23.4 Å². The van der Waals surface area contributed by atoms with Gasteiger partial charge in [0.2, 0.25) is 5.88 Å². The number of aryl methyl sites for hydroxylation is 1. The summed E-state index contributed by atoms with van der Waals surface area (Å²) in [5.41, 5.74) is 4.00. The lowest BCUT2D eigenvalue weighted by molar-refractivity contribution is 0.0697. The van der Waals surface area contributed by atoms with Gasteiger partial charge in [0.25, 0.3) is 0 Å². The highest BCUT2D eigenvalue weighted by atomic mass is 19.1. The first-order valence-corrected chi connectivity index (χ1v) is 14.4. The van der Waals surface area contributed by atoms with E-state index in [9.17, 15) is 18.7 Å². The summed E-state index contributed by atoms with van der Waals surface area (Å²) in [4.78, 5) is 28.0. The van der Waals surface area contributed by atoms with Gasteiger partial charge in [-0.25, -0.2) is 28.5 Å². The van der Waals surface area contributed by atoms with Crippen molar-refractivity contribution in [2.45, 2.75) is 51.9 Å². The first kappa shape index (κ1) is 28.5. The van der Waals surface area contributed by atoms with E-state index in [0.29, 0.717) is 19.0 Å². The van der Waals surface area contributed by atoms with Gasteiger partial charge in [-0.05, 0) is 69.3 Å². The Balaban J connectivity index is 1.14. The van der Waals surface area contributed by atoms with Crippen LogP contribution in [0.1, 0.15) is 58.8 Å². The maximum absolute atomic E-state index is 14.0. The van der Waals surface area contributed by atoms with Gasteiger partial charge in [-0.2, -0.15) is 0 Å². The number of nitrogens with zero attached hydrogens (tertiary/aromatic N) is 6. The lowest BCUT2D eigenvalue weighted by atomic mass is 9.93. The third-order valence-electron chi connectivity index (χ3n) is 8.04. The number of aromatic nitrogens is 5. The van der Waals surface area contributed by atoms with Gasteiger partial charge in [-0.3, -0.25) is 4.90 Å². The number of ether oxygens (including phenoxy) is 1. The van der Waals surface area contributed by atoms with Crippen LogP contribution in [0.25, 0.3) is 11.0 Å². The minimum Gasteiger partial charge on any atom is -0.478 e. The summed E-state index contributed by atoms with van der Waals surface area (Å²) in [7, 11) is 0. The van der Waals surface area contributed by atoms with E-state index in [1.54, 1.807) is 30.6 Å². The first-order valence-electron chi connectivity index (χ1n) is 14.4. The fourth-order valence-corrected chi connectivity index (χ4v) is 5.65. The number of aromatic carboxylic acids is 1. The number of rotatable bonds is 10. The molecule has 1 fully saturated rings. The highest BCUT2D eigenvalue weighted by molar-refractivity contribution is 5.92. The van der Waals surface area contributed by atoms with Crippen molar-refractivity contribution >= 4 is 17.0 Å². The summed E-state index contributed by atoms with van der Waals surface area (Å²) in [6.07, 6.45) is 5.44. The Bertz CT molecular complexity index is 1760. The number of piperidine rings is 1. The predicted molar refractivity (Wildman–Crippen MR) is 156 cm³/mol. The second-order valence-electron chi connectivity index (χ2n) is 10.8. The predicted octanol–water partition coefficient (Wildman–Crippen LogP) is 5.63. The lowest BCUT2D eigenvalue weighted by Crippen LogP contribution is -2.33. The molecule has 9 nitrogen and oxygen atoms in total. The van der Waals surface area contributed by atoms with Crippen molar-refractivity contribution in [1.82, 2.24) is 29.0 Å². The number of fused-ring (bicyclic) bond motifs is 1. The summed E-state index contributed by atoms with van der Waals surface area (Å²) >= 11 is 0. The van der Waals surface area contributed by atoms with Crippen LogP contribution in [0, 0.1) is 11.6 Å². The molecule has 0 radical (unpaired) electrons. The highest BCUT2D eigenvalue weighted by Gasteiger charge is 2.24. The molecule has 0 atom stereocenters. The van der Waals surface area contributed by atoms with Gasteiger partial charge < -0.3 is 19.0 Å². The van der Waals surface area contributed by atoms with E-state index in [1.807, 2.05) is 18.3 Å². The summed E-state index contributed by atoms with van der Waals surface area (Å²) in [5, 5.41) is 9.59. The molecule has 1 saturated heterocycles. The molecule has 0 amide bonds. The number of carbonyl (C=O) groups is 1. The van der Waals surface area contributed by atoms with E-state index < -0.39 is 17.6 Å². The fourth-order valence-electron chi connectivity index (χ4n) is 5.65. The lowest BCUT2D eigenvalue weighted by Gasteiger charge is -2.31. The SMILES string of the molecule is CCn1cncc1Cn1c(CN2CCC(c3cccc(OCc4ccc(F)cc4F)n3)CC2)nc2ccc(C(=O)O)cc21. The number of pyridine rings is 1. The van der Waals surface area contributed by atoms with Crippen LogP contribution in [0.2, 0.25) is 0 Å². The molecular formula is C32H32F2N6O3. The standard InChI is InChI=1S/C32H32F2N6O3/c1-2-39-20-35-16-25(39)17-40-29-14-22(32(41)42)7-9-28(29)36-30(40)18-38-12-10-21(11-13-38)27-4-3-5-31(37-27)43-19-23-6-8-24(33)15-26(23)34/h3-9,14-16,20-21H,2,10-13,17-19H2,1H3,(H,41,42). The molecule has 5 aromatic rings. The zero-order chi connectivity index (χ0) is 29.9. The Labute approximate surface area is 247 Å². The average molecular weight is 587 g/mol. The summed E-state index contributed by atoms with van der Waals surface area (Å²) in [5.74, 6) is -0.705. The molecule has 0 aliphatic carbocycles. The molecule has 0 unspecified atom stereocenters. The number of carboxylic acids is 1. The molecule has 0 saturated carbocycles. The molecule has 3 aromatic heterocycles. The molecule has 1 aliphatic rings. The van der Waals surface area contributed by atoms with Crippen LogP contribution in [-0.2, 0) is 26.2 Å². The minimum absolute atomic E-state index is 0.0327. The molecule has 2 aromatic carbocycles. The molecule has 11 heteroatoms. The average Bonchev–Trinajstić information content (AvgIpc) is 3.61. The first-order chi connectivity index (χ1) is 20.9. The van der Waals surface area contributed by atoms with Crippen LogP contribution in [-0.4, -0.2) is 53.2 Å². The zero-order valence-electron chi connectivity index (χ0n) is 23.8. The Morgan fingerprint density at radius 3 is 2.65 bits per heavy atom. The van der Waals surface area contributed by atoms with Gasteiger partial charge in [0.05, 0.1) is 41.7 Å². The van der Waals surface area contributed by atoms with E-state index in [-0.39, 0.29) is 23.7 Å². The van der Waals surface area contributed by atoms with E-state index in [4.69, 9.17) is 9.72 Å². The molecule has 1 N–H and O–H groups in total. The van der Waals surface area contributed by atoms with Gasteiger partial charge in [0.1, 0.15) is 24.1 Å². The van der Waals surface area contributed by atoms with Crippen LogP contribution < -0.4 is 4.74 Å². The summed E-state index contributed by atoms with van der Waals surface area (Å²) < 4.78 is 37.1. The molecule has 0 bridgehead atoms. The van der Waals surface area contributed by atoms with E-state index >= 15 is 0 Å². The molecule has 1 aliphatic heterocycles. The molecule has 0 spiro atoms. The van der Waals surface area contributed by atoms with Crippen LogP contribution >= 0.6 is 0 Å². The van der Waals surface area contributed by atoms with Gasteiger partial charge >= 0.3 is 5.97 Å². The largest absolute Gasteiger partial charge is 0.478 e. The monoisotopic (exact) mass is 586 g/mol. The fraction of sp³-hybridized carbons (Fsp3) is 0.312. The Kier molecular flexibility index (Phi) is 8.15. The van der Waals surface area contributed by atoms with Crippen molar-refractivity contribution in [2.75, 3.05) is 13.1 Å². The molecule has 4 heterocycles. The summed E-state index contributed by atoms with van der Waals surface area (Å²) in [6, 6.07) is 14.1. The van der Waals surface area contributed by atoms with Crippen LogP contribution in [0.15, 0.2) is 67.1 Å². The number of halogens is 2. The van der Waals surface area contributed by atoms with Gasteiger partial charge in [-0.15, -0.1) is 0 Å². The summed E-state index contributed by atoms with van der Waals surface area (Å²) in [6.45, 7) is 5.67. The molecule has 6 rings (SSSR count). The smallest absolute Gasteiger partial charge is 0.335 e. The van der Waals surface area contributed by atoms with Crippen LogP contribution in [0.3, 0.4) is 0 Å². The van der Waals surface area contributed by atoms with Gasteiger partial charge in [-0.1, -0.05) is 6.07 Å². The normalized spacial score (nSPS) is 14.4. The Morgan fingerprint density at radius 2 is 1.88 bits per heavy atom. The number of hydrogen-bond acceptors (Lipinski definition) is 6. The third kappa shape index (κ3) is 6.26. The number of benzene rings is 2. The van der Waals surface area contributed by atoms with E-state index in [2.05, 4.69) is 30.9 Å². The number of imidazole rings is 2. The van der Waals surface area contributed by atoms with Gasteiger partial charge in [0, 0.05) is 42.0 Å². The highest BCUT2D eigenvalue weighted by Crippen LogP contribution is 2.30. The number of hydrogen-bond donors (Lipinski definition) is 1. The molecule has 222 valence electrons. The van der Waals surface area contributed by atoms with Crippen molar-refractivity contribution in [2.24, 2.45) is 0 Å². The van der Waals surface area contributed by atoms with Crippen LogP contribution in [0.4, 0.5) is 8.78 Å². The maximum Gasteiger partial charge on any atom is 0.335 e.